The summed E-state index contributed by atoms with van der Waals surface area (Å²) in [6, 6.07) is 0. The molecule has 0 saturated heterocycles. The van der Waals surface area contributed by atoms with Crippen LogP contribution in [0.5, 0.6) is 0 Å². The second kappa shape index (κ2) is 5.20. The molecule has 18 heavy (non-hydrogen) atoms. The quantitative estimate of drug-likeness (QED) is 0.834. The Bertz CT molecular complexity index is 428. The Morgan fingerprint density at radius 2 is 1.89 bits per heavy atom. The van der Waals surface area contributed by atoms with Gasteiger partial charge < -0.3 is 14.6 Å². The maximum absolute atomic E-state index is 10.8. The molecule has 0 atom stereocenters. The van der Waals surface area contributed by atoms with E-state index in [0.29, 0.717) is 12.3 Å². The standard InChI is InChI=1S/C12H15NO5/c14-11(15)9-10(12(16)17)18-8(13-9)6-5-7-3-1-2-4-7/h7H,1-6H2,(H,14,15)(H,16,17). The average molecular weight is 253 g/mol. The third kappa shape index (κ3) is 2.69. The first-order valence-electron chi connectivity index (χ1n) is 6.04. The van der Waals surface area contributed by atoms with Crippen LogP contribution in [0.3, 0.4) is 0 Å². The summed E-state index contributed by atoms with van der Waals surface area (Å²) in [7, 11) is 0. The number of carboxylic acids is 2. The summed E-state index contributed by atoms with van der Waals surface area (Å²) in [6.45, 7) is 0. The number of carboxylic acid groups (broad SMARTS) is 2. The molecule has 0 unspecified atom stereocenters. The molecule has 1 aromatic rings. The molecule has 1 aliphatic carbocycles. The van der Waals surface area contributed by atoms with Crippen molar-refractivity contribution in [3.63, 3.8) is 0 Å². The topological polar surface area (TPSA) is 101 Å². The predicted molar refractivity (Wildman–Crippen MR) is 60.7 cm³/mol. The van der Waals surface area contributed by atoms with E-state index >= 15 is 0 Å². The normalized spacial score (nSPS) is 16.0. The second-order valence-electron chi connectivity index (χ2n) is 4.58. The van der Waals surface area contributed by atoms with Gasteiger partial charge in [-0.05, 0) is 12.3 Å². The van der Waals surface area contributed by atoms with E-state index in [1.165, 1.54) is 25.7 Å². The molecule has 0 bridgehead atoms. The first kappa shape index (κ1) is 12.6. The van der Waals surface area contributed by atoms with Crippen LogP contribution in [-0.2, 0) is 6.42 Å². The van der Waals surface area contributed by atoms with Crippen LogP contribution in [0.25, 0.3) is 0 Å². The molecule has 2 rings (SSSR count). The first-order valence-corrected chi connectivity index (χ1v) is 6.04. The van der Waals surface area contributed by atoms with E-state index in [1.807, 2.05) is 0 Å². The van der Waals surface area contributed by atoms with Crippen LogP contribution < -0.4 is 0 Å². The number of aromatic carboxylic acids is 2. The largest absolute Gasteiger partial charge is 0.476 e. The molecule has 2 N–H and O–H groups in total. The smallest absolute Gasteiger partial charge is 0.374 e. The lowest BCUT2D eigenvalue weighted by atomic mass is 10.0. The highest BCUT2D eigenvalue weighted by Crippen LogP contribution is 2.28. The van der Waals surface area contributed by atoms with Crippen molar-refractivity contribution in [2.75, 3.05) is 0 Å². The van der Waals surface area contributed by atoms with Gasteiger partial charge in [0, 0.05) is 6.42 Å². The van der Waals surface area contributed by atoms with Gasteiger partial charge in [-0.25, -0.2) is 14.6 Å². The lowest BCUT2D eigenvalue weighted by Gasteiger charge is -2.05. The van der Waals surface area contributed by atoms with Crippen molar-refractivity contribution < 1.29 is 24.2 Å². The maximum Gasteiger partial charge on any atom is 0.374 e. The van der Waals surface area contributed by atoms with Gasteiger partial charge in [0.05, 0.1) is 0 Å². The van der Waals surface area contributed by atoms with E-state index < -0.39 is 23.4 Å². The van der Waals surface area contributed by atoms with Crippen molar-refractivity contribution in [3.05, 3.63) is 17.3 Å². The molecule has 0 spiro atoms. The van der Waals surface area contributed by atoms with Crippen LogP contribution in [-0.4, -0.2) is 27.1 Å². The average Bonchev–Trinajstić information content (AvgIpc) is 2.95. The van der Waals surface area contributed by atoms with Gasteiger partial charge in [-0.15, -0.1) is 0 Å². The highest BCUT2D eigenvalue weighted by atomic mass is 16.4. The molecular weight excluding hydrogens is 238 g/mol. The summed E-state index contributed by atoms with van der Waals surface area (Å²) in [6.07, 6.45) is 6.20. The Labute approximate surface area is 104 Å². The molecule has 1 aromatic heterocycles. The van der Waals surface area contributed by atoms with Crippen molar-refractivity contribution in [3.8, 4) is 0 Å². The zero-order valence-electron chi connectivity index (χ0n) is 9.89. The summed E-state index contributed by atoms with van der Waals surface area (Å²) < 4.78 is 5.01. The fraction of sp³-hybridized carbons (Fsp3) is 0.583. The van der Waals surface area contributed by atoms with Crippen molar-refractivity contribution in [1.82, 2.24) is 4.98 Å². The predicted octanol–water partition coefficient (Wildman–Crippen LogP) is 2.19. The van der Waals surface area contributed by atoms with Gasteiger partial charge in [-0.3, -0.25) is 0 Å². The summed E-state index contributed by atoms with van der Waals surface area (Å²) >= 11 is 0. The minimum absolute atomic E-state index is 0.205. The van der Waals surface area contributed by atoms with E-state index in [1.54, 1.807) is 0 Å². The van der Waals surface area contributed by atoms with Crippen LogP contribution in [0.15, 0.2) is 4.42 Å². The van der Waals surface area contributed by atoms with E-state index in [0.717, 1.165) is 6.42 Å². The molecule has 98 valence electrons. The Morgan fingerprint density at radius 3 is 2.39 bits per heavy atom. The molecular formula is C12H15NO5. The highest BCUT2D eigenvalue weighted by molar-refractivity contribution is 5.98. The maximum atomic E-state index is 10.8. The van der Waals surface area contributed by atoms with Crippen molar-refractivity contribution in [2.24, 2.45) is 5.92 Å². The number of carbonyl (C=O) groups is 2. The molecule has 0 aromatic carbocycles. The van der Waals surface area contributed by atoms with Gasteiger partial charge in [0.15, 0.2) is 5.89 Å². The Kier molecular flexibility index (Phi) is 3.64. The van der Waals surface area contributed by atoms with Crippen molar-refractivity contribution >= 4 is 11.9 Å². The number of oxazole rings is 1. The molecule has 0 radical (unpaired) electrons. The summed E-state index contributed by atoms with van der Waals surface area (Å²) in [4.78, 5) is 25.4. The van der Waals surface area contributed by atoms with Gasteiger partial charge in [0.2, 0.25) is 11.5 Å². The zero-order chi connectivity index (χ0) is 13.1. The van der Waals surface area contributed by atoms with E-state index in [9.17, 15) is 9.59 Å². The van der Waals surface area contributed by atoms with E-state index in [4.69, 9.17) is 14.6 Å². The van der Waals surface area contributed by atoms with Gasteiger partial charge in [0.25, 0.3) is 0 Å². The number of hydrogen-bond donors (Lipinski definition) is 2. The minimum atomic E-state index is -1.40. The molecule has 0 amide bonds. The Morgan fingerprint density at radius 1 is 1.22 bits per heavy atom. The number of aromatic nitrogens is 1. The molecule has 0 aliphatic heterocycles. The van der Waals surface area contributed by atoms with Gasteiger partial charge in [0.1, 0.15) is 0 Å². The van der Waals surface area contributed by atoms with Gasteiger partial charge >= 0.3 is 11.9 Å². The number of rotatable bonds is 5. The third-order valence-electron chi connectivity index (χ3n) is 3.31. The second-order valence-corrected chi connectivity index (χ2v) is 4.58. The SMILES string of the molecule is O=C(O)c1nc(CCC2CCCC2)oc1C(=O)O. The number of nitrogens with zero attached hydrogens (tertiary/aromatic N) is 1. The summed E-state index contributed by atoms with van der Waals surface area (Å²) in [5.41, 5.74) is -0.510. The number of aryl methyl sites for hydroxylation is 1. The van der Waals surface area contributed by atoms with Crippen LogP contribution >= 0.6 is 0 Å². The zero-order valence-corrected chi connectivity index (χ0v) is 9.89. The number of hydrogen-bond acceptors (Lipinski definition) is 4. The fourth-order valence-corrected chi connectivity index (χ4v) is 2.39. The Balaban J connectivity index is 2.06. The summed E-state index contributed by atoms with van der Waals surface area (Å²) in [5.74, 6) is -2.52. The van der Waals surface area contributed by atoms with Gasteiger partial charge in [-0.2, -0.15) is 0 Å². The molecule has 1 aliphatic rings. The van der Waals surface area contributed by atoms with E-state index in [2.05, 4.69) is 4.98 Å². The molecule has 1 fully saturated rings. The first-order chi connectivity index (χ1) is 8.58. The highest BCUT2D eigenvalue weighted by Gasteiger charge is 2.25. The lowest BCUT2D eigenvalue weighted by molar-refractivity contribution is 0.0623. The van der Waals surface area contributed by atoms with Crippen LogP contribution in [0.1, 0.15) is 59.0 Å². The fourth-order valence-electron chi connectivity index (χ4n) is 2.39. The van der Waals surface area contributed by atoms with E-state index in [-0.39, 0.29) is 5.89 Å². The lowest BCUT2D eigenvalue weighted by Crippen LogP contribution is -2.05. The molecule has 6 heteroatoms. The molecule has 1 saturated carbocycles. The van der Waals surface area contributed by atoms with Crippen LogP contribution in [0, 0.1) is 5.92 Å². The van der Waals surface area contributed by atoms with Crippen molar-refractivity contribution in [2.45, 2.75) is 38.5 Å². The molecule has 1 heterocycles. The summed E-state index contributed by atoms with van der Waals surface area (Å²) in [5, 5.41) is 17.6. The monoisotopic (exact) mass is 253 g/mol. The van der Waals surface area contributed by atoms with Crippen LogP contribution in [0.2, 0.25) is 0 Å². The third-order valence-corrected chi connectivity index (χ3v) is 3.31. The minimum Gasteiger partial charge on any atom is -0.476 e. The Hall–Kier alpha value is -1.85. The van der Waals surface area contributed by atoms with Crippen LogP contribution in [0.4, 0.5) is 0 Å². The molecule has 6 nitrogen and oxygen atoms in total. The van der Waals surface area contributed by atoms with Gasteiger partial charge in [-0.1, -0.05) is 25.7 Å². The van der Waals surface area contributed by atoms with Crippen molar-refractivity contribution in [1.29, 1.82) is 0 Å².